The minimum atomic E-state index is 0.275. The van der Waals surface area contributed by atoms with Gasteiger partial charge in [-0.15, -0.1) is 0 Å². The SMILES string of the molecule is CC(CC(=O)N1CCNC(C)C1C)c1ccccc1. The molecule has 1 aliphatic rings. The zero-order chi connectivity index (χ0) is 13.8. The van der Waals surface area contributed by atoms with Gasteiger partial charge < -0.3 is 10.2 Å². The molecule has 1 fully saturated rings. The molecule has 3 nitrogen and oxygen atoms in total. The zero-order valence-electron chi connectivity index (χ0n) is 12.1. The Labute approximate surface area is 116 Å². The number of rotatable bonds is 3. The van der Waals surface area contributed by atoms with Crippen molar-refractivity contribution in [2.45, 2.75) is 45.2 Å². The topological polar surface area (TPSA) is 32.3 Å². The number of carbonyl (C=O) groups is 1. The van der Waals surface area contributed by atoms with Gasteiger partial charge in [-0.05, 0) is 25.3 Å². The highest BCUT2D eigenvalue weighted by Crippen LogP contribution is 2.21. The molecule has 1 saturated heterocycles. The Morgan fingerprint density at radius 3 is 2.74 bits per heavy atom. The lowest BCUT2D eigenvalue weighted by Gasteiger charge is -2.39. The van der Waals surface area contributed by atoms with E-state index < -0.39 is 0 Å². The van der Waals surface area contributed by atoms with E-state index in [0.29, 0.717) is 12.5 Å². The average molecular weight is 260 g/mol. The third-order valence-corrected chi connectivity index (χ3v) is 4.20. The first-order valence-electron chi connectivity index (χ1n) is 7.17. The minimum Gasteiger partial charge on any atom is -0.337 e. The molecule has 0 saturated carbocycles. The molecule has 0 aromatic heterocycles. The van der Waals surface area contributed by atoms with Crippen LogP contribution < -0.4 is 5.32 Å². The van der Waals surface area contributed by atoms with Gasteiger partial charge in [0.05, 0.1) is 0 Å². The molecule has 3 atom stereocenters. The van der Waals surface area contributed by atoms with E-state index in [1.54, 1.807) is 0 Å². The van der Waals surface area contributed by atoms with Crippen molar-refractivity contribution in [3.8, 4) is 0 Å². The van der Waals surface area contributed by atoms with Gasteiger partial charge in [-0.1, -0.05) is 37.3 Å². The minimum absolute atomic E-state index is 0.275. The first-order chi connectivity index (χ1) is 9.09. The van der Waals surface area contributed by atoms with Crippen molar-refractivity contribution in [1.29, 1.82) is 0 Å². The third-order valence-electron chi connectivity index (χ3n) is 4.20. The van der Waals surface area contributed by atoms with Crippen LogP contribution in [-0.2, 0) is 4.79 Å². The standard InChI is InChI=1S/C16H24N2O/c1-12(15-7-5-4-6-8-15)11-16(19)18-10-9-17-13(2)14(18)3/h4-8,12-14,17H,9-11H2,1-3H3. The van der Waals surface area contributed by atoms with Crippen molar-refractivity contribution < 1.29 is 4.79 Å². The lowest BCUT2D eigenvalue weighted by Crippen LogP contribution is -2.57. The van der Waals surface area contributed by atoms with Crippen molar-refractivity contribution in [3.05, 3.63) is 35.9 Å². The van der Waals surface area contributed by atoms with E-state index in [-0.39, 0.29) is 17.9 Å². The van der Waals surface area contributed by atoms with Gasteiger partial charge in [0.2, 0.25) is 5.91 Å². The maximum Gasteiger partial charge on any atom is 0.223 e. The second-order valence-electron chi connectivity index (χ2n) is 5.59. The van der Waals surface area contributed by atoms with E-state index >= 15 is 0 Å². The number of hydrogen-bond donors (Lipinski definition) is 1. The Morgan fingerprint density at radius 2 is 2.05 bits per heavy atom. The van der Waals surface area contributed by atoms with Gasteiger partial charge in [-0.25, -0.2) is 0 Å². The molecule has 1 aliphatic heterocycles. The number of carbonyl (C=O) groups excluding carboxylic acids is 1. The van der Waals surface area contributed by atoms with Crippen molar-refractivity contribution >= 4 is 5.91 Å². The molecule has 2 rings (SSSR count). The van der Waals surface area contributed by atoms with Crippen LogP contribution in [0.2, 0.25) is 0 Å². The molecule has 1 aromatic carbocycles. The summed E-state index contributed by atoms with van der Waals surface area (Å²) in [5, 5.41) is 3.41. The van der Waals surface area contributed by atoms with E-state index in [1.807, 2.05) is 23.1 Å². The summed E-state index contributed by atoms with van der Waals surface area (Å²) in [5.74, 6) is 0.559. The first kappa shape index (κ1) is 14.1. The van der Waals surface area contributed by atoms with Crippen LogP contribution in [0.4, 0.5) is 0 Å². The number of benzene rings is 1. The molecule has 19 heavy (non-hydrogen) atoms. The normalized spacial score (nSPS) is 25.1. The Hall–Kier alpha value is -1.35. The summed E-state index contributed by atoms with van der Waals surface area (Å²) in [6, 6.07) is 10.9. The highest BCUT2D eigenvalue weighted by molar-refractivity contribution is 5.77. The Kier molecular flexibility index (Phi) is 4.59. The molecule has 0 aliphatic carbocycles. The van der Waals surface area contributed by atoms with Crippen LogP contribution in [0.5, 0.6) is 0 Å². The first-order valence-corrected chi connectivity index (χ1v) is 7.17. The van der Waals surface area contributed by atoms with E-state index in [2.05, 4.69) is 38.2 Å². The molecular weight excluding hydrogens is 236 g/mol. The van der Waals surface area contributed by atoms with Crippen LogP contribution in [0.3, 0.4) is 0 Å². The number of nitrogens with one attached hydrogen (secondary N) is 1. The Morgan fingerprint density at radius 1 is 1.37 bits per heavy atom. The summed E-state index contributed by atoms with van der Waals surface area (Å²) in [5.41, 5.74) is 1.24. The molecule has 1 N–H and O–H groups in total. The fraction of sp³-hybridized carbons (Fsp3) is 0.562. The summed E-state index contributed by atoms with van der Waals surface area (Å²) in [7, 11) is 0. The molecule has 1 heterocycles. The molecule has 104 valence electrons. The van der Waals surface area contributed by atoms with Crippen LogP contribution in [-0.4, -0.2) is 36.0 Å². The van der Waals surface area contributed by atoms with E-state index in [0.717, 1.165) is 13.1 Å². The number of amides is 1. The van der Waals surface area contributed by atoms with E-state index in [4.69, 9.17) is 0 Å². The fourth-order valence-corrected chi connectivity index (χ4v) is 2.69. The van der Waals surface area contributed by atoms with Crippen LogP contribution in [0.15, 0.2) is 30.3 Å². The number of piperazine rings is 1. The summed E-state index contributed by atoms with van der Waals surface area (Å²) in [6.45, 7) is 8.12. The van der Waals surface area contributed by atoms with Crippen molar-refractivity contribution in [2.75, 3.05) is 13.1 Å². The van der Waals surface area contributed by atoms with Gasteiger partial charge in [0, 0.05) is 31.6 Å². The summed E-state index contributed by atoms with van der Waals surface area (Å²) in [4.78, 5) is 14.5. The van der Waals surface area contributed by atoms with E-state index in [1.165, 1.54) is 5.56 Å². The summed E-state index contributed by atoms with van der Waals surface area (Å²) in [6.07, 6.45) is 0.598. The molecule has 3 heteroatoms. The predicted octanol–water partition coefficient (Wildman–Crippen LogP) is 2.39. The lowest BCUT2D eigenvalue weighted by atomic mass is 9.96. The molecule has 0 radical (unpaired) electrons. The van der Waals surface area contributed by atoms with Crippen LogP contribution >= 0.6 is 0 Å². The lowest BCUT2D eigenvalue weighted by molar-refractivity contribution is -0.135. The largest absolute Gasteiger partial charge is 0.337 e. The summed E-state index contributed by atoms with van der Waals surface area (Å²) >= 11 is 0. The van der Waals surface area contributed by atoms with Crippen molar-refractivity contribution in [2.24, 2.45) is 0 Å². The van der Waals surface area contributed by atoms with Gasteiger partial charge in [-0.2, -0.15) is 0 Å². The third kappa shape index (κ3) is 3.35. The molecule has 1 amide bonds. The molecular formula is C16H24N2O. The predicted molar refractivity (Wildman–Crippen MR) is 78.1 cm³/mol. The monoisotopic (exact) mass is 260 g/mol. The van der Waals surface area contributed by atoms with Gasteiger partial charge >= 0.3 is 0 Å². The zero-order valence-corrected chi connectivity index (χ0v) is 12.1. The van der Waals surface area contributed by atoms with Gasteiger partial charge in [0.25, 0.3) is 0 Å². The molecule has 0 bridgehead atoms. The fourth-order valence-electron chi connectivity index (χ4n) is 2.69. The number of hydrogen-bond acceptors (Lipinski definition) is 2. The molecule has 1 aromatic rings. The van der Waals surface area contributed by atoms with Crippen LogP contribution in [0, 0.1) is 0 Å². The van der Waals surface area contributed by atoms with Gasteiger partial charge in [0.1, 0.15) is 0 Å². The van der Waals surface area contributed by atoms with Crippen molar-refractivity contribution in [1.82, 2.24) is 10.2 Å². The van der Waals surface area contributed by atoms with E-state index in [9.17, 15) is 4.79 Å². The highest BCUT2D eigenvalue weighted by Gasteiger charge is 2.28. The Balaban J connectivity index is 1.97. The van der Waals surface area contributed by atoms with Gasteiger partial charge in [0.15, 0.2) is 0 Å². The van der Waals surface area contributed by atoms with Crippen molar-refractivity contribution in [3.63, 3.8) is 0 Å². The molecule has 0 spiro atoms. The maximum absolute atomic E-state index is 12.4. The average Bonchev–Trinajstić information content (AvgIpc) is 2.42. The highest BCUT2D eigenvalue weighted by atomic mass is 16.2. The second kappa shape index (κ2) is 6.20. The smallest absolute Gasteiger partial charge is 0.223 e. The Bertz CT molecular complexity index is 418. The number of nitrogens with zero attached hydrogens (tertiary/aromatic N) is 1. The maximum atomic E-state index is 12.4. The summed E-state index contributed by atoms with van der Waals surface area (Å²) < 4.78 is 0. The quantitative estimate of drug-likeness (QED) is 0.905. The second-order valence-corrected chi connectivity index (χ2v) is 5.59. The molecule has 3 unspecified atom stereocenters. The van der Waals surface area contributed by atoms with Crippen LogP contribution in [0.25, 0.3) is 0 Å². The van der Waals surface area contributed by atoms with Crippen LogP contribution in [0.1, 0.15) is 38.7 Å². The van der Waals surface area contributed by atoms with Gasteiger partial charge in [-0.3, -0.25) is 4.79 Å².